The SMILES string of the molecule is CNCCC(=O)NCc1ccc(CO)c(F)c1.Cl. The highest BCUT2D eigenvalue weighted by molar-refractivity contribution is 5.85. The summed E-state index contributed by atoms with van der Waals surface area (Å²) in [7, 11) is 1.77. The zero-order chi connectivity index (χ0) is 12.7. The number of hydrogen-bond donors (Lipinski definition) is 3. The van der Waals surface area contributed by atoms with Crippen LogP contribution in [0.1, 0.15) is 17.5 Å². The zero-order valence-corrected chi connectivity index (χ0v) is 11.0. The molecule has 0 heterocycles. The lowest BCUT2D eigenvalue weighted by molar-refractivity contribution is -0.121. The topological polar surface area (TPSA) is 61.4 Å². The maximum Gasteiger partial charge on any atom is 0.221 e. The average Bonchev–Trinajstić information content (AvgIpc) is 2.34. The Bertz CT molecular complexity index is 388. The quantitative estimate of drug-likeness (QED) is 0.725. The summed E-state index contributed by atoms with van der Waals surface area (Å²) in [4.78, 5) is 11.3. The standard InChI is InChI=1S/C12H17FN2O2.ClH/c1-14-5-4-12(17)15-7-9-2-3-10(8-16)11(13)6-9;/h2-3,6,14,16H,4-5,7-8H2,1H3,(H,15,17);1H. The minimum absolute atomic E-state index is 0. The number of aliphatic hydroxyl groups is 1. The Hall–Kier alpha value is -1.17. The maximum absolute atomic E-state index is 13.3. The highest BCUT2D eigenvalue weighted by Crippen LogP contribution is 2.10. The summed E-state index contributed by atoms with van der Waals surface area (Å²) >= 11 is 0. The van der Waals surface area contributed by atoms with Gasteiger partial charge in [0, 0.05) is 25.1 Å². The van der Waals surface area contributed by atoms with E-state index in [1.165, 1.54) is 12.1 Å². The molecule has 1 aromatic carbocycles. The number of halogens is 2. The van der Waals surface area contributed by atoms with Crippen LogP contribution in [0.15, 0.2) is 18.2 Å². The van der Waals surface area contributed by atoms with Crippen molar-refractivity contribution >= 4 is 18.3 Å². The summed E-state index contributed by atoms with van der Waals surface area (Å²) in [5.74, 6) is -0.527. The van der Waals surface area contributed by atoms with Gasteiger partial charge >= 0.3 is 0 Å². The third-order valence-electron chi connectivity index (χ3n) is 2.38. The molecule has 1 amide bonds. The van der Waals surface area contributed by atoms with E-state index >= 15 is 0 Å². The van der Waals surface area contributed by atoms with Crippen molar-refractivity contribution in [3.05, 3.63) is 35.1 Å². The van der Waals surface area contributed by atoms with Gasteiger partial charge in [-0.1, -0.05) is 12.1 Å². The van der Waals surface area contributed by atoms with E-state index in [9.17, 15) is 9.18 Å². The summed E-state index contributed by atoms with van der Waals surface area (Å²) in [6, 6.07) is 4.53. The number of rotatable bonds is 6. The van der Waals surface area contributed by atoms with Gasteiger partial charge in [-0.25, -0.2) is 4.39 Å². The van der Waals surface area contributed by atoms with Gasteiger partial charge in [-0.05, 0) is 18.7 Å². The lowest BCUT2D eigenvalue weighted by Crippen LogP contribution is -2.26. The van der Waals surface area contributed by atoms with E-state index in [0.29, 0.717) is 25.1 Å². The number of hydrogen-bond acceptors (Lipinski definition) is 3. The summed E-state index contributed by atoms with van der Waals surface area (Å²) < 4.78 is 13.3. The van der Waals surface area contributed by atoms with E-state index < -0.39 is 5.82 Å². The molecular weight excluding hydrogens is 259 g/mol. The summed E-state index contributed by atoms with van der Waals surface area (Å²) in [5.41, 5.74) is 0.938. The summed E-state index contributed by atoms with van der Waals surface area (Å²) in [6.45, 7) is 0.593. The van der Waals surface area contributed by atoms with E-state index in [1.54, 1.807) is 13.1 Å². The van der Waals surface area contributed by atoms with Crippen LogP contribution in [-0.4, -0.2) is 24.6 Å². The third-order valence-corrected chi connectivity index (χ3v) is 2.38. The Morgan fingerprint density at radius 1 is 1.44 bits per heavy atom. The van der Waals surface area contributed by atoms with Gasteiger partial charge in [0.15, 0.2) is 0 Å². The second kappa shape index (κ2) is 8.85. The molecule has 0 atom stereocenters. The molecule has 102 valence electrons. The number of amides is 1. The molecular formula is C12H18ClFN2O2. The molecule has 0 unspecified atom stereocenters. The smallest absolute Gasteiger partial charge is 0.221 e. The number of benzene rings is 1. The van der Waals surface area contributed by atoms with Crippen molar-refractivity contribution in [3.63, 3.8) is 0 Å². The molecule has 0 aliphatic rings. The van der Waals surface area contributed by atoms with Gasteiger partial charge in [-0.3, -0.25) is 4.79 Å². The fourth-order valence-corrected chi connectivity index (χ4v) is 1.36. The van der Waals surface area contributed by atoms with Gasteiger partial charge in [0.25, 0.3) is 0 Å². The summed E-state index contributed by atoms with van der Waals surface area (Å²) in [6.07, 6.45) is 0.397. The largest absolute Gasteiger partial charge is 0.392 e. The molecule has 0 bridgehead atoms. The second-order valence-electron chi connectivity index (χ2n) is 3.71. The summed E-state index contributed by atoms with van der Waals surface area (Å²) in [5, 5.41) is 14.4. The molecule has 6 heteroatoms. The van der Waals surface area contributed by atoms with Crippen LogP contribution < -0.4 is 10.6 Å². The first-order chi connectivity index (χ1) is 8.17. The predicted molar refractivity (Wildman–Crippen MR) is 70.0 cm³/mol. The van der Waals surface area contributed by atoms with Crippen LogP contribution in [0.4, 0.5) is 4.39 Å². The van der Waals surface area contributed by atoms with Crippen molar-refractivity contribution in [2.75, 3.05) is 13.6 Å². The maximum atomic E-state index is 13.3. The van der Waals surface area contributed by atoms with Crippen molar-refractivity contribution in [1.29, 1.82) is 0 Å². The van der Waals surface area contributed by atoms with Gasteiger partial charge in [-0.2, -0.15) is 0 Å². The van der Waals surface area contributed by atoms with Gasteiger partial charge < -0.3 is 15.7 Å². The first-order valence-corrected chi connectivity index (χ1v) is 5.47. The number of nitrogens with one attached hydrogen (secondary N) is 2. The van der Waals surface area contributed by atoms with Crippen LogP contribution in [-0.2, 0) is 17.9 Å². The number of aliphatic hydroxyl groups excluding tert-OH is 1. The van der Waals surface area contributed by atoms with Crippen LogP contribution in [0, 0.1) is 5.82 Å². The minimum Gasteiger partial charge on any atom is -0.392 e. The molecule has 0 saturated heterocycles. The molecule has 18 heavy (non-hydrogen) atoms. The van der Waals surface area contributed by atoms with Crippen molar-refractivity contribution in [3.8, 4) is 0 Å². The molecule has 0 aliphatic carbocycles. The Labute approximate surface area is 112 Å². The molecule has 0 radical (unpaired) electrons. The van der Waals surface area contributed by atoms with Crippen LogP contribution >= 0.6 is 12.4 Å². The van der Waals surface area contributed by atoms with E-state index in [1.807, 2.05) is 0 Å². The Kier molecular flexibility index (Phi) is 8.28. The fraction of sp³-hybridized carbons (Fsp3) is 0.417. The Morgan fingerprint density at radius 2 is 2.17 bits per heavy atom. The molecule has 0 aliphatic heterocycles. The van der Waals surface area contributed by atoms with Crippen molar-refractivity contribution < 1.29 is 14.3 Å². The first-order valence-electron chi connectivity index (χ1n) is 5.47. The normalized spacial score (nSPS) is 9.72. The first kappa shape index (κ1) is 16.8. The zero-order valence-electron chi connectivity index (χ0n) is 10.2. The van der Waals surface area contributed by atoms with Crippen LogP contribution in [0.2, 0.25) is 0 Å². The molecule has 0 aromatic heterocycles. The van der Waals surface area contributed by atoms with Crippen molar-refractivity contribution in [2.45, 2.75) is 19.6 Å². The number of carbonyl (C=O) groups is 1. The van der Waals surface area contributed by atoms with Gasteiger partial charge in [0.05, 0.1) is 6.61 Å². The lowest BCUT2D eigenvalue weighted by Gasteiger charge is -2.06. The van der Waals surface area contributed by atoms with Crippen LogP contribution in [0.3, 0.4) is 0 Å². The Morgan fingerprint density at radius 3 is 2.72 bits per heavy atom. The van der Waals surface area contributed by atoms with E-state index in [2.05, 4.69) is 10.6 Å². The average molecular weight is 277 g/mol. The highest BCUT2D eigenvalue weighted by atomic mass is 35.5. The monoisotopic (exact) mass is 276 g/mol. The predicted octanol–water partition coefficient (Wildman–Crippen LogP) is 0.965. The fourth-order valence-electron chi connectivity index (χ4n) is 1.36. The van der Waals surface area contributed by atoms with E-state index in [0.717, 1.165) is 0 Å². The van der Waals surface area contributed by atoms with Crippen LogP contribution in [0.5, 0.6) is 0 Å². The Balaban J connectivity index is 0.00000289. The molecule has 0 spiro atoms. The van der Waals surface area contributed by atoms with Crippen molar-refractivity contribution in [2.24, 2.45) is 0 Å². The van der Waals surface area contributed by atoms with E-state index in [-0.39, 0.29) is 30.5 Å². The van der Waals surface area contributed by atoms with Gasteiger partial charge in [-0.15, -0.1) is 12.4 Å². The second-order valence-corrected chi connectivity index (χ2v) is 3.71. The van der Waals surface area contributed by atoms with Gasteiger partial charge in [0.1, 0.15) is 5.82 Å². The highest BCUT2D eigenvalue weighted by Gasteiger charge is 2.04. The number of carbonyl (C=O) groups excluding carboxylic acids is 1. The molecule has 3 N–H and O–H groups in total. The van der Waals surface area contributed by atoms with E-state index in [4.69, 9.17) is 5.11 Å². The van der Waals surface area contributed by atoms with Gasteiger partial charge in [0.2, 0.25) is 5.91 Å². The molecule has 1 aromatic rings. The minimum atomic E-state index is -0.450. The van der Waals surface area contributed by atoms with Crippen molar-refractivity contribution in [1.82, 2.24) is 10.6 Å². The third kappa shape index (κ3) is 5.44. The molecule has 1 rings (SSSR count). The lowest BCUT2D eigenvalue weighted by atomic mass is 10.1. The molecule has 0 fully saturated rings. The molecule has 0 saturated carbocycles. The van der Waals surface area contributed by atoms with Crippen LogP contribution in [0.25, 0.3) is 0 Å². The molecule has 4 nitrogen and oxygen atoms in total.